The van der Waals surface area contributed by atoms with Crippen LogP contribution in [0.2, 0.25) is 0 Å². The van der Waals surface area contributed by atoms with Crippen molar-refractivity contribution < 1.29 is 9.59 Å². The third kappa shape index (κ3) is 4.67. The molecule has 0 spiro atoms. The SMILES string of the molecule is CC(=O)N(CC(=O)Nc1ccc(C#N)cc1)c1ccccc1C(C)C. The van der Waals surface area contributed by atoms with Crippen molar-refractivity contribution in [1.29, 1.82) is 5.26 Å². The van der Waals surface area contributed by atoms with Crippen LogP contribution in [0.15, 0.2) is 48.5 Å². The van der Waals surface area contributed by atoms with E-state index in [2.05, 4.69) is 5.32 Å². The standard InChI is InChI=1S/C20H21N3O2/c1-14(2)18-6-4-5-7-19(18)23(15(3)24)13-20(25)22-17-10-8-16(12-21)9-11-17/h4-11,14H,13H2,1-3H3,(H,22,25). The third-order valence-electron chi connectivity index (χ3n) is 3.83. The zero-order chi connectivity index (χ0) is 18.4. The van der Waals surface area contributed by atoms with Gasteiger partial charge in [0.25, 0.3) is 0 Å². The molecule has 1 N–H and O–H groups in total. The Kier molecular flexibility index (Phi) is 5.91. The maximum atomic E-state index is 12.4. The zero-order valence-electron chi connectivity index (χ0n) is 14.6. The van der Waals surface area contributed by atoms with E-state index in [1.54, 1.807) is 24.3 Å². The number of anilines is 2. The number of benzene rings is 2. The number of hydrogen-bond acceptors (Lipinski definition) is 3. The lowest BCUT2D eigenvalue weighted by Crippen LogP contribution is -2.37. The van der Waals surface area contributed by atoms with Crippen molar-refractivity contribution in [2.75, 3.05) is 16.8 Å². The normalized spacial score (nSPS) is 10.2. The molecule has 2 aromatic rings. The fourth-order valence-corrected chi connectivity index (χ4v) is 2.56. The monoisotopic (exact) mass is 335 g/mol. The second-order valence-electron chi connectivity index (χ2n) is 6.06. The lowest BCUT2D eigenvalue weighted by Gasteiger charge is -2.25. The van der Waals surface area contributed by atoms with Gasteiger partial charge in [-0.3, -0.25) is 9.59 Å². The van der Waals surface area contributed by atoms with E-state index >= 15 is 0 Å². The molecule has 0 atom stereocenters. The van der Waals surface area contributed by atoms with Crippen molar-refractivity contribution in [1.82, 2.24) is 0 Å². The number of rotatable bonds is 5. The second kappa shape index (κ2) is 8.11. The molecule has 0 fully saturated rings. The first-order valence-corrected chi connectivity index (χ1v) is 8.09. The molecule has 5 nitrogen and oxygen atoms in total. The van der Waals surface area contributed by atoms with Crippen LogP contribution in [0, 0.1) is 11.3 Å². The summed E-state index contributed by atoms with van der Waals surface area (Å²) in [6.07, 6.45) is 0. The predicted molar refractivity (Wildman–Crippen MR) is 98.3 cm³/mol. The minimum Gasteiger partial charge on any atom is -0.325 e. The van der Waals surface area contributed by atoms with Gasteiger partial charge in [-0.05, 0) is 41.8 Å². The molecule has 0 unspecified atom stereocenters. The number of amides is 2. The molecule has 0 saturated heterocycles. The molecule has 0 aliphatic rings. The van der Waals surface area contributed by atoms with Crippen LogP contribution in [0.4, 0.5) is 11.4 Å². The summed E-state index contributed by atoms with van der Waals surface area (Å²) in [5, 5.41) is 11.6. The van der Waals surface area contributed by atoms with Crippen molar-refractivity contribution >= 4 is 23.2 Å². The molecule has 128 valence electrons. The number of nitriles is 1. The van der Waals surface area contributed by atoms with Crippen molar-refractivity contribution in [3.05, 3.63) is 59.7 Å². The van der Waals surface area contributed by atoms with E-state index in [4.69, 9.17) is 5.26 Å². The molecule has 0 saturated carbocycles. The van der Waals surface area contributed by atoms with Gasteiger partial charge in [-0.15, -0.1) is 0 Å². The Labute approximate surface area is 147 Å². The van der Waals surface area contributed by atoms with Gasteiger partial charge >= 0.3 is 0 Å². The van der Waals surface area contributed by atoms with Crippen LogP contribution >= 0.6 is 0 Å². The van der Waals surface area contributed by atoms with Crippen molar-refractivity contribution in [2.24, 2.45) is 0 Å². The highest BCUT2D eigenvalue weighted by Gasteiger charge is 2.19. The average Bonchev–Trinajstić information content (AvgIpc) is 2.60. The van der Waals surface area contributed by atoms with E-state index in [-0.39, 0.29) is 24.3 Å². The largest absolute Gasteiger partial charge is 0.325 e. The molecule has 0 bridgehead atoms. The Morgan fingerprint density at radius 3 is 2.32 bits per heavy atom. The molecule has 0 aromatic heterocycles. The Bertz CT molecular complexity index is 804. The third-order valence-corrected chi connectivity index (χ3v) is 3.83. The first-order chi connectivity index (χ1) is 11.9. The maximum Gasteiger partial charge on any atom is 0.244 e. The molecule has 2 rings (SSSR count). The summed E-state index contributed by atoms with van der Waals surface area (Å²) in [5.74, 6) is -0.249. The Balaban J connectivity index is 2.18. The predicted octanol–water partition coefficient (Wildman–Crippen LogP) is 3.67. The number of carbonyl (C=O) groups excluding carboxylic acids is 2. The van der Waals surface area contributed by atoms with Crippen LogP contribution in [0.25, 0.3) is 0 Å². The van der Waals surface area contributed by atoms with Gasteiger partial charge < -0.3 is 10.2 Å². The van der Waals surface area contributed by atoms with E-state index in [1.165, 1.54) is 11.8 Å². The molecular weight excluding hydrogens is 314 g/mol. The number of nitrogens with one attached hydrogen (secondary N) is 1. The fourth-order valence-electron chi connectivity index (χ4n) is 2.56. The number of nitrogens with zero attached hydrogens (tertiary/aromatic N) is 2. The highest BCUT2D eigenvalue weighted by atomic mass is 16.2. The molecule has 2 aromatic carbocycles. The van der Waals surface area contributed by atoms with Crippen molar-refractivity contribution in [2.45, 2.75) is 26.7 Å². The van der Waals surface area contributed by atoms with Gasteiger partial charge in [-0.1, -0.05) is 32.0 Å². The molecule has 0 aliphatic heterocycles. The summed E-state index contributed by atoms with van der Waals surface area (Å²) in [6, 6.07) is 16.2. The fraction of sp³-hybridized carbons (Fsp3) is 0.250. The number of para-hydroxylation sites is 1. The van der Waals surface area contributed by atoms with Gasteiger partial charge in [0.15, 0.2) is 0 Å². The Morgan fingerprint density at radius 1 is 1.12 bits per heavy atom. The summed E-state index contributed by atoms with van der Waals surface area (Å²) < 4.78 is 0. The lowest BCUT2D eigenvalue weighted by molar-refractivity contribution is -0.120. The van der Waals surface area contributed by atoms with E-state index in [1.807, 2.05) is 44.2 Å². The Hall–Kier alpha value is -3.13. The topological polar surface area (TPSA) is 73.2 Å². The summed E-state index contributed by atoms with van der Waals surface area (Å²) in [6.45, 7) is 5.48. The summed E-state index contributed by atoms with van der Waals surface area (Å²) >= 11 is 0. The van der Waals surface area contributed by atoms with Crippen LogP contribution < -0.4 is 10.2 Å². The first-order valence-electron chi connectivity index (χ1n) is 8.09. The van der Waals surface area contributed by atoms with E-state index in [9.17, 15) is 9.59 Å². The number of hydrogen-bond donors (Lipinski definition) is 1. The van der Waals surface area contributed by atoms with Crippen LogP contribution in [-0.2, 0) is 9.59 Å². The molecule has 0 aliphatic carbocycles. The van der Waals surface area contributed by atoms with Gasteiger partial charge in [0.2, 0.25) is 11.8 Å². The van der Waals surface area contributed by atoms with Crippen molar-refractivity contribution in [3.63, 3.8) is 0 Å². The molecule has 25 heavy (non-hydrogen) atoms. The summed E-state index contributed by atoms with van der Waals surface area (Å²) in [4.78, 5) is 25.9. The van der Waals surface area contributed by atoms with Gasteiger partial charge in [0.05, 0.1) is 11.6 Å². The van der Waals surface area contributed by atoms with Crippen molar-refractivity contribution in [3.8, 4) is 6.07 Å². The van der Waals surface area contributed by atoms with Crippen LogP contribution in [0.1, 0.15) is 37.8 Å². The molecule has 0 radical (unpaired) electrons. The maximum absolute atomic E-state index is 12.4. The van der Waals surface area contributed by atoms with Gasteiger partial charge in [-0.25, -0.2) is 0 Å². The van der Waals surface area contributed by atoms with Crippen LogP contribution in [-0.4, -0.2) is 18.4 Å². The average molecular weight is 335 g/mol. The zero-order valence-corrected chi connectivity index (χ0v) is 14.6. The van der Waals surface area contributed by atoms with E-state index in [0.717, 1.165) is 11.3 Å². The van der Waals surface area contributed by atoms with E-state index in [0.29, 0.717) is 11.3 Å². The van der Waals surface area contributed by atoms with E-state index < -0.39 is 0 Å². The van der Waals surface area contributed by atoms with Crippen LogP contribution in [0.5, 0.6) is 0 Å². The van der Waals surface area contributed by atoms with Gasteiger partial charge in [0.1, 0.15) is 6.54 Å². The lowest BCUT2D eigenvalue weighted by atomic mass is 10.0. The summed E-state index contributed by atoms with van der Waals surface area (Å²) in [7, 11) is 0. The molecular formula is C20H21N3O2. The first kappa shape index (κ1) is 18.2. The summed E-state index contributed by atoms with van der Waals surface area (Å²) in [5.41, 5.74) is 2.88. The van der Waals surface area contributed by atoms with Gasteiger partial charge in [0, 0.05) is 18.3 Å². The molecule has 0 heterocycles. The number of carbonyl (C=O) groups is 2. The van der Waals surface area contributed by atoms with Crippen LogP contribution in [0.3, 0.4) is 0 Å². The smallest absolute Gasteiger partial charge is 0.244 e. The second-order valence-corrected chi connectivity index (χ2v) is 6.06. The minimum atomic E-state index is -0.293. The highest BCUT2D eigenvalue weighted by Crippen LogP contribution is 2.27. The molecule has 5 heteroatoms. The highest BCUT2D eigenvalue weighted by molar-refractivity contribution is 6.02. The Morgan fingerprint density at radius 2 is 1.76 bits per heavy atom. The minimum absolute atomic E-state index is 0.0704. The molecule has 2 amide bonds. The quantitative estimate of drug-likeness (QED) is 0.906. The van der Waals surface area contributed by atoms with Gasteiger partial charge in [-0.2, -0.15) is 5.26 Å².